The summed E-state index contributed by atoms with van der Waals surface area (Å²) in [6.07, 6.45) is 5.08. The Kier molecular flexibility index (Phi) is 7.06. The predicted octanol–water partition coefficient (Wildman–Crippen LogP) is 3.03. The average Bonchev–Trinajstić information content (AvgIpc) is 3.16. The first-order valence-electron chi connectivity index (χ1n) is 9.81. The number of carbonyl (C=O) groups excluding carboxylic acids is 2. The maximum Gasteiger partial charge on any atom is 0.273 e. The predicted molar refractivity (Wildman–Crippen MR) is 114 cm³/mol. The number of hydrogen-bond donors (Lipinski definition) is 1. The number of hydrogen-bond acceptors (Lipinski definition) is 4. The van der Waals surface area contributed by atoms with Gasteiger partial charge in [-0.2, -0.15) is 0 Å². The molecule has 1 N–H and O–H groups in total. The van der Waals surface area contributed by atoms with Gasteiger partial charge in [0.05, 0.1) is 23.5 Å². The van der Waals surface area contributed by atoms with Gasteiger partial charge in [-0.3, -0.25) is 9.59 Å². The first-order valence-corrected chi connectivity index (χ1v) is 10.2. The quantitative estimate of drug-likeness (QED) is 0.705. The van der Waals surface area contributed by atoms with E-state index < -0.39 is 0 Å². The Morgan fingerprint density at radius 1 is 1.24 bits per heavy atom. The molecule has 0 saturated heterocycles. The van der Waals surface area contributed by atoms with Gasteiger partial charge in [0.1, 0.15) is 11.5 Å². The Balaban J connectivity index is 1.63. The first-order chi connectivity index (χ1) is 14.0. The molecule has 0 spiro atoms. The van der Waals surface area contributed by atoms with E-state index in [2.05, 4.69) is 29.0 Å². The Labute approximate surface area is 176 Å². The molecule has 1 aromatic heterocycles. The third kappa shape index (κ3) is 5.05. The molecule has 0 saturated carbocycles. The van der Waals surface area contributed by atoms with Crippen LogP contribution in [0.2, 0.25) is 5.02 Å². The van der Waals surface area contributed by atoms with Crippen LogP contribution in [0.5, 0.6) is 0 Å². The normalized spacial score (nSPS) is 13.7. The van der Waals surface area contributed by atoms with Crippen molar-refractivity contribution in [2.75, 3.05) is 31.5 Å². The Bertz CT molecular complexity index is 904. The molecule has 7 nitrogen and oxygen atoms in total. The van der Waals surface area contributed by atoms with Gasteiger partial charge in [0.15, 0.2) is 0 Å². The van der Waals surface area contributed by atoms with E-state index in [1.54, 1.807) is 35.4 Å². The van der Waals surface area contributed by atoms with Crippen molar-refractivity contribution in [1.82, 2.24) is 19.4 Å². The lowest BCUT2D eigenvalue weighted by Crippen LogP contribution is -2.38. The molecule has 0 radical (unpaired) electrons. The van der Waals surface area contributed by atoms with Crippen LogP contribution in [0.4, 0.5) is 5.69 Å². The van der Waals surface area contributed by atoms with Gasteiger partial charge in [0.25, 0.3) is 5.91 Å². The van der Waals surface area contributed by atoms with Crippen molar-refractivity contribution < 1.29 is 9.59 Å². The lowest BCUT2D eigenvalue weighted by atomic mass is 10.3. The van der Waals surface area contributed by atoms with Gasteiger partial charge in [0.2, 0.25) is 5.91 Å². The van der Waals surface area contributed by atoms with Crippen molar-refractivity contribution in [2.24, 2.45) is 0 Å². The van der Waals surface area contributed by atoms with E-state index in [0.717, 1.165) is 19.6 Å². The van der Waals surface area contributed by atoms with E-state index in [0.29, 0.717) is 41.9 Å². The topological polar surface area (TPSA) is 70.5 Å². The van der Waals surface area contributed by atoms with Crippen LogP contribution in [0, 0.1) is 0 Å². The Morgan fingerprint density at radius 2 is 2.00 bits per heavy atom. The molecule has 2 aromatic rings. The Hall–Kier alpha value is -2.64. The van der Waals surface area contributed by atoms with Crippen molar-refractivity contribution in [3.05, 3.63) is 59.2 Å². The maximum atomic E-state index is 12.6. The van der Waals surface area contributed by atoms with Gasteiger partial charge in [-0.1, -0.05) is 43.7 Å². The fraction of sp³-hybridized carbons (Fsp3) is 0.381. The van der Waals surface area contributed by atoms with Crippen LogP contribution in [0.1, 0.15) is 30.2 Å². The monoisotopic (exact) mass is 415 g/mol. The van der Waals surface area contributed by atoms with Gasteiger partial charge in [-0.25, -0.2) is 4.98 Å². The number of amides is 2. The number of aromatic nitrogens is 2. The van der Waals surface area contributed by atoms with Gasteiger partial charge in [-0.05, 0) is 25.2 Å². The second kappa shape index (κ2) is 9.71. The third-order valence-corrected chi connectivity index (χ3v) is 5.38. The number of benzene rings is 1. The third-order valence-electron chi connectivity index (χ3n) is 5.05. The summed E-state index contributed by atoms with van der Waals surface area (Å²) >= 11 is 6.12. The number of anilines is 1. The molecule has 1 aromatic carbocycles. The molecule has 2 heterocycles. The highest BCUT2D eigenvalue weighted by atomic mass is 35.5. The van der Waals surface area contributed by atoms with Crippen LogP contribution in [-0.4, -0.2) is 57.3 Å². The van der Waals surface area contributed by atoms with Crippen molar-refractivity contribution in [1.29, 1.82) is 0 Å². The summed E-state index contributed by atoms with van der Waals surface area (Å²) in [5, 5.41) is 3.30. The van der Waals surface area contributed by atoms with E-state index in [1.165, 1.54) is 0 Å². The van der Waals surface area contributed by atoms with Crippen molar-refractivity contribution in [3.63, 3.8) is 0 Å². The fourth-order valence-corrected chi connectivity index (χ4v) is 3.45. The zero-order valence-corrected chi connectivity index (χ0v) is 17.5. The number of rotatable bonds is 7. The van der Waals surface area contributed by atoms with Crippen molar-refractivity contribution in [3.8, 4) is 0 Å². The molecule has 1 aliphatic rings. The van der Waals surface area contributed by atoms with Crippen LogP contribution < -0.4 is 5.32 Å². The molecule has 8 heteroatoms. The molecule has 0 atom stereocenters. The number of nitrogens with one attached hydrogen (secondary N) is 1. The van der Waals surface area contributed by atoms with E-state index in [4.69, 9.17) is 11.6 Å². The zero-order chi connectivity index (χ0) is 20.8. The van der Waals surface area contributed by atoms with Gasteiger partial charge < -0.3 is 19.7 Å². The second-order valence-electron chi connectivity index (χ2n) is 6.79. The number of fused-ring (bicyclic) bond motifs is 1. The van der Waals surface area contributed by atoms with E-state index in [9.17, 15) is 9.59 Å². The molecule has 1 aliphatic heterocycles. The lowest BCUT2D eigenvalue weighted by Gasteiger charge is -2.27. The molecule has 0 unspecified atom stereocenters. The van der Waals surface area contributed by atoms with E-state index in [1.807, 2.05) is 16.7 Å². The minimum Gasteiger partial charge on any atom is -0.330 e. The minimum atomic E-state index is -0.268. The summed E-state index contributed by atoms with van der Waals surface area (Å²) in [5.41, 5.74) is 1.02. The first kappa shape index (κ1) is 21.1. The van der Waals surface area contributed by atoms with Crippen LogP contribution in [0.3, 0.4) is 0 Å². The smallest absolute Gasteiger partial charge is 0.273 e. The van der Waals surface area contributed by atoms with Crippen molar-refractivity contribution in [2.45, 2.75) is 26.9 Å². The van der Waals surface area contributed by atoms with Crippen molar-refractivity contribution >= 4 is 29.1 Å². The molecular formula is C21H26ClN5O2. The highest BCUT2D eigenvalue weighted by Crippen LogP contribution is 2.22. The molecule has 3 rings (SSSR count). The molecular weight excluding hydrogens is 390 g/mol. The van der Waals surface area contributed by atoms with Gasteiger partial charge >= 0.3 is 0 Å². The molecule has 0 aliphatic carbocycles. The number of carbonyl (C=O) groups is 2. The summed E-state index contributed by atoms with van der Waals surface area (Å²) in [6.45, 7) is 8.30. The van der Waals surface area contributed by atoms with Crippen LogP contribution in [-0.2, 0) is 17.9 Å². The highest BCUT2D eigenvalue weighted by Gasteiger charge is 2.25. The standard InChI is InChI=1S/C21H26ClN5O2/c1-3-25(4-2)11-7-10-20(28)26-12-13-27-18(14-23-19(27)15-26)21(29)24-17-9-6-5-8-16(17)22/h5-10,14H,3-4,11-13,15H2,1-2H3,(H,24,29)/b10-7+. The maximum absolute atomic E-state index is 12.6. The highest BCUT2D eigenvalue weighted by molar-refractivity contribution is 6.33. The van der Waals surface area contributed by atoms with Gasteiger partial charge in [0, 0.05) is 25.7 Å². The number of nitrogens with zero attached hydrogens (tertiary/aromatic N) is 4. The summed E-state index contributed by atoms with van der Waals surface area (Å²) in [4.78, 5) is 33.5. The Morgan fingerprint density at radius 3 is 2.72 bits per heavy atom. The molecule has 29 heavy (non-hydrogen) atoms. The summed E-state index contributed by atoms with van der Waals surface area (Å²) in [7, 11) is 0. The number of likely N-dealkylation sites (N-methyl/N-ethyl adjacent to an activating group) is 1. The minimum absolute atomic E-state index is 0.0338. The summed E-state index contributed by atoms with van der Waals surface area (Å²) in [5.74, 6) is 0.398. The molecule has 0 fully saturated rings. The molecule has 154 valence electrons. The van der Waals surface area contributed by atoms with Crippen LogP contribution >= 0.6 is 11.6 Å². The molecule has 0 bridgehead atoms. The summed E-state index contributed by atoms with van der Waals surface area (Å²) in [6, 6.07) is 7.09. The second-order valence-corrected chi connectivity index (χ2v) is 7.20. The number of halogens is 1. The van der Waals surface area contributed by atoms with Crippen LogP contribution in [0.15, 0.2) is 42.6 Å². The number of para-hydroxylation sites is 1. The number of imidazole rings is 1. The SMILES string of the molecule is CCN(CC)C/C=C/C(=O)N1CCn2c(C(=O)Nc3ccccc3Cl)cnc2C1. The fourth-order valence-electron chi connectivity index (χ4n) is 3.27. The lowest BCUT2D eigenvalue weighted by molar-refractivity contribution is -0.127. The van der Waals surface area contributed by atoms with E-state index in [-0.39, 0.29) is 11.8 Å². The van der Waals surface area contributed by atoms with Gasteiger partial charge in [-0.15, -0.1) is 0 Å². The van der Waals surface area contributed by atoms with E-state index >= 15 is 0 Å². The zero-order valence-electron chi connectivity index (χ0n) is 16.8. The van der Waals surface area contributed by atoms with Crippen LogP contribution in [0.25, 0.3) is 0 Å². The average molecular weight is 416 g/mol. The molecule has 2 amide bonds. The largest absolute Gasteiger partial charge is 0.330 e. The summed E-state index contributed by atoms with van der Waals surface area (Å²) < 4.78 is 1.86.